The third-order valence-electron chi connectivity index (χ3n) is 4.12. The van der Waals surface area contributed by atoms with Gasteiger partial charge in [-0.2, -0.15) is 0 Å². The number of urea groups is 1. The van der Waals surface area contributed by atoms with Crippen molar-refractivity contribution in [2.45, 2.75) is 32.7 Å². The molecule has 0 aromatic heterocycles. The Balaban J connectivity index is 1.90. The van der Waals surface area contributed by atoms with Gasteiger partial charge in [0.05, 0.1) is 23.3 Å². The van der Waals surface area contributed by atoms with Crippen LogP contribution >= 0.6 is 23.2 Å². The Hall–Kier alpha value is -1.83. The molecule has 27 heavy (non-hydrogen) atoms. The molecule has 1 fully saturated rings. The standard InChI is InChI=1S/C18H24Cl2N4O3/c1-11(2)9-21-18(27)23-16(25)10-24-7-3-4-15(24)17(26)22-14-8-12(19)5-6-13(14)20/h5-6,8,11,15H,3-4,7,9-10H2,1-2H3,(H,22,26)(H2,21,23,25,27)/t15-/m0/s1. The number of amides is 4. The van der Waals surface area contributed by atoms with Crippen molar-refractivity contribution in [1.82, 2.24) is 15.5 Å². The number of nitrogens with zero attached hydrogens (tertiary/aromatic N) is 1. The normalized spacial score (nSPS) is 17.0. The molecule has 0 unspecified atom stereocenters. The Labute approximate surface area is 168 Å². The van der Waals surface area contributed by atoms with E-state index in [9.17, 15) is 14.4 Å². The molecular weight excluding hydrogens is 391 g/mol. The van der Waals surface area contributed by atoms with Crippen LogP contribution in [0.4, 0.5) is 10.5 Å². The molecule has 0 radical (unpaired) electrons. The van der Waals surface area contributed by atoms with E-state index in [4.69, 9.17) is 23.2 Å². The number of rotatable bonds is 6. The Bertz CT molecular complexity index is 712. The molecule has 1 aromatic carbocycles. The van der Waals surface area contributed by atoms with Gasteiger partial charge >= 0.3 is 6.03 Å². The quantitative estimate of drug-likeness (QED) is 0.667. The van der Waals surface area contributed by atoms with Crippen LogP contribution in [0.25, 0.3) is 0 Å². The zero-order chi connectivity index (χ0) is 20.0. The topological polar surface area (TPSA) is 90.5 Å². The highest BCUT2D eigenvalue weighted by atomic mass is 35.5. The monoisotopic (exact) mass is 414 g/mol. The number of benzene rings is 1. The second-order valence-electron chi connectivity index (χ2n) is 6.89. The van der Waals surface area contributed by atoms with Crippen LogP contribution in [0.2, 0.25) is 10.0 Å². The van der Waals surface area contributed by atoms with Crippen molar-refractivity contribution in [2.75, 3.05) is 25.0 Å². The highest BCUT2D eigenvalue weighted by Crippen LogP contribution is 2.27. The molecule has 3 N–H and O–H groups in total. The molecule has 4 amide bonds. The molecular formula is C18H24Cl2N4O3. The fourth-order valence-electron chi connectivity index (χ4n) is 2.81. The summed E-state index contributed by atoms with van der Waals surface area (Å²) in [6, 6.07) is 3.82. The van der Waals surface area contributed by atoms with Gasteiger partial charge in [-0.25, -0.2) is 4.79 Å². The number of likely N-dealkylation sites (tertiary alicyclic amines) is 1. The summed E-state index contributed by atoms with van der Waals surface area (Å²) in [5, 5.41) is 8.52. The maximum Gasteiger partial charge on any atom is 0.321 e. The summed E-state index contributed by atoms with van der Waals surface area (Å²) in [6.45, 7) is 4.97. The molecule has 0 saturated carbocycles. The lowest BCUT2D eigenvalue weighted by Gasteiger charge is -2.23. The average Bonchev–Trinajstić information content (AvgIpc) is 3.04. The van der Waals surface area contributed by atoms with Crippen LogP contribution in [0, 0.1) is 5.92 Å². The van der Waals surface area contributed by atoms with E-state index < -0.39 is 18.0 Å². The van der Waals surface area contributed by atoms with Crippen LogP contribution in [0.1, 0.15) is 26.7 Å². The Kier molecular flexibility index (Phi) is 7.89. The van der Waals surface area contributed by atoms with Crippen LogP contribution < -0.4 is 16.0 Å². The van der Waals surface area contributed by atoms with E-state index in [-0.39, 0.29) is 18.4 Å². The lowest BCUT2D eigenvalue weighted by atomic mass is 10.2. The van der Waals surface area contributed by atoms with Crippen molar-refractivity contribution in [3.05, 3.63) is 28.2 Å². The van der Waals surface area contributed by atoms with Crippen molar-refractivity contribution in [1.29, 1.82) is 0 Å². The van der Waals surface area contributed by atoms with Gasteiger partial charge in [-0.3, -0.25) is 19.8 Å². The molecule has 9 heteroatoms. The number of carbonyl (C=O) groups is 3. The molecule has 1 aliphatic heterocycles. The smallest absolute Gasteiger partial charge is 0.321 e. The number of imide groups is 1. The summed E-state index contributed by atoms with van der Waals surface area (Å²) in [6.07, 6.45) is 1.41. The van der Waals surface area contributed by atoms with Crippen LogP contribution in [-0.4, -0.2) is 48.4 Å². The first kappa shape index (κ1) is 21.5. The van der Waals surface area contributed by atoms with E-state index in [1.54, 1.807) is 23.1 Å². The predicted molar refractivity (Wildman–Crippen MR) is 106 cm³/mol. The van der Waals surface area contributed by atoms with E-state index in [1.807, 2.05) is 13.8 Å². The SMILES string of the molecule is CC(C)CNC(=O)NC(=O)CN1CCC[C@H]1C(=O)Nc1cc(Cl)ccc1Cl. The largest absolute Gasteiger partial charge is 0.338 e. The van der Waals surface area contributed by atoms with Gasteiger partial charge in [0.1, 0.15) is 0 Å². The zero-order valence-electron chi connectivity index (χ0n) is 15.4. The summed E-state index contributed by atoms with van der Waals surface area (Å²) in [4.78, 5) is 38.1. The first-order valence-electron chi connectivity index (χ1n) is 8.84. The fraction of sp³-hybridized carbons (Fsp3) is 0.500. The summed E-state index contributed by atoms with van der Waals surface area (Å²) in [7, 11) is 0. The number of halogens is 2. The highest BCUT2D eigenvalue weighted by Gasteiger charge is 2.32. The number of carbonyl (C=O) groups excluding carboxylic acids is 3. The van der Waals surface area contributed by atoms with Crippen molar-refractivity contribution in [3.8, 4) is 0 Å². The second-order valence-corrected chi connectivity index (χ2v) is 7.74. The van der Waals surface area contributed by atoms with Gasteiger partial charge < -0.3 is 10.6 Å². The van der Waals surface area contributed by atoms with Gasteiger partial charge in [0.2, 0.25) is 11.8 Å². The molecule has 0 bridgehead atoms. The summed E-state index contributed by atoms with van der Waals surface area (Å²) in [5.41, 5.74) is 0.429. The van der Waals surface area contributed by atoms with Crippen molar-refractivity contribution >= 4 is 46.7 Å². The molecule has 148 valence electrons. The average molecular weight is 415 g/mol. The molecule has 1 heterocycles. The zero-order valence-corrected chi connectivity index (χ0v) is 16.9. The van der Waals surface area contributed by atoms with Gasteiger partial charge in [0.15, 0.2) is 0 Å². The van der Waals surface area contributed by atoms with Gasteiger partial charge in [0, 0.05) is 11.6 Å². The van der Waals surface area contributed by atoms with Crippen molar-refractivity contribution in [2.24, 2.45) is 5.92 Å². The highest BCUT2D eigenvalue weighted by molar-refractivity contribution is 6.35. The minimum Gasteiger partial charge on any atom is -0.338 e. The van der Waals surface area contributed by atoms with E-state index in [0.29, 0.717) is 35.2 Å². The molecule has 2 rings (SSSR count). The Morgan fingerprint density at radius 2 is 2.00 bits per heavy atom. The maximum atomic E-state index is 12.6. The number of anilines is 1. The first-order valence-corrected chi connectivity index (χ1v) is 9.59. The van der Waals surface area contributed by atoms with Gasteiger partial charge in [-0.1, -0.05) is 37.0 Å². The molecule has 1 aromatic rings. The van der Waals surface area contributed by atoms with E-state index in [2.05, 4.69) is 16.0 Å². The van der Waals surface area contributed by atoms with Crippen LogP contribution in [0.5, 0.6) is 0 Å². The van der Waals surface area contributed by atoms with Crippen molar-refractivity contribution < 1.29 is 14.4 Å². The van der Waals surface area contributed by atoms with Gasteiger partial charge in [-0.15, -0.1) is 0 Å². The summed E-state index contributed by atoms with van der Waals surface area (Å²) < 4.78 is 0. The van der Waals surface area contributed by atoms with Crippen molar-refractivity contribution in [3.63, 3.8) is 0 Å². The molecule has 0 aliphatic carbocycles. The predicted octanol–water partition coefficient (Wildman–Crippen LogP) is 2.88. The van der Waals surface area contributed by atoms with Gasteiger partial charge in [0.25, 0.3) is 0 Å². The maximum absolute atomic E-state index is 12.6. The third kappa shape index (κ3) is 6.68. The molecule has 1 saturated heterocycles. The number of hydrogen-bond acceptors (Lipinski definition) is 4. The molecule has 0 spiro atoms. The van der Waals surface area contributed by atoms with Crippen LogP contribution in [-0.2, 0) is 9.59 Å². The minimum atomic E-state index is -0.528. The van der Waals surface area contributed by atoms with E-state index >= 15 is 0 Å². The Morgan fingerprint density at radius 1 is 1.26 bits per heavy atom. The molecule has 1 atom stereocenters. The van der Waals surface area contributed by atoms with Gasteiger partial charge in [-0.05, 0) is 43.5 Å². The third-order valence-corrected chi connectivity index (χ3v) is 4.69. The molecule has 7 nitrogen and oxygen atoms in total. The lowest BCUT2D eigenvalue weighted by Crippen LogP contribution is -2.48. The van der Waals surface area contributed by atoms with Crippen LogP contribution in [0.15, 0.2) is 18.2 Å². The number of hydrogen-bond donors (Lipinski definition) is 3. The second kappa shape index (κ2) is 9.92. The minimum absolute atomic E-state index is 0.0313. The number of nitrogens with one attached hydrogen (secondary N) is 3. The van der Waals surface area contributed by atoms with E-state index in [0.717, 1.165) is 6.42 Å². The first-order chi connectivity index (χ1) is 12.8. The summed E-state index contributed by atoms with van der Waals surface area (Å²) >= 11 is 12.0. The van der Waals surface area contributed by atoms with Crippen LogP contribution in [0.3, 0.4) is 0 Å². The lowest BCUT2D eigenvalue weighted by molar-refractivity contribution is -0.124. The van der Waals surface area contributed by atoms with E-state index in [1.165, 1.54) is 0 Å². The fourth-order valence-corrected chi connectivity index (χ4v) is 3.15. The summed E-state index contributed by atoms with van der Waals surface area (Å²) in [5.74, 6) is -0.415. The Morgan fingerprint density at radius 3 is 2.70 bits per heavy atom. The molecule has 1 aliphatic rings.